The van der Waals surface area contributed by atoms with Gasteiger partial charge in [-0.25, -0.2) is 8.42 Å². The highest BCUT2D eigenvalue weighted by Gasteiger charge is 2.24. The van der Waals surface area contributed by atoms with Gasteiger partial charge in [-0.05, 0) is 6.42 Å². The molecule has 0 amide bonds. The molecule has 6 heteroatoms. The molecule has 0 bridgehead atoms. The Hall–Kier alpha value is -1.06. The smallest absolute Gasteiger partial charge is 0.211 e. The zero-order valence-corrected chi connectivity index (χ0v) is 10.5. The normalized spacial score (nSPS) is 19.6. The topological polar surface area (TPSA) is 64.4 Å². The van der Waals surface area contributed by atoms with Gasteiger partial charge in [0.25, 0.3) is 0 Å². The molecule has 0 unspecified atom stereocenters. The Labute approximate surface area is 97.0 Å². The van der Waals surface area contributed by atoms with Crippen LogP contribution in [0.2, 0.25) is 0 Å². The summed E-state index contributed by atoms with van der Waals surface area (Å²) in [5, 5.41) is 8.94. The first-order valence-corrected chi connectivity index (χ1v) is 7.14. The van der Waals surface area contributed by atoms with Crippen molar-refractivity contribution in [2.24, 2.45) is 0 Å². The van der Waals surface area contributed by atoms with Crippen molar-refractivity contribution in [3.8, 4) is 6.07 Å². The van der Waals surface area contributed by atoms with Crippen LogP contribution in [0.1, 0.15) is 13.3 Å². The van der Waals surface area contributed by atoms with Gasteiger partial charge in [-0.1, -0.05) is 13.0 Å². The Balaban J connectivity index is 2.62. The summed E-state index contributed by atoms with van der Waals surface area (Å²) in [5.74, 6) is 0. The summed E-state index contributed by atoms with van der Waals surface area (Å²) in [6.07, 6.45) is 3.90. The summed E-state index contributed by atoms with van der Waals surface area (Å²) >= 11 is 0. The van der Waals surface area contributed by atoms with E-state index in [0.717, 1.165) is 6.42 Å². The van der Waals surface area contributed by atoms with E-state index in [1.165, 1.54) is 10.6 Å². The van der Waals surface area contributed by atoms with E-state index in [1.807, 2.05) is 17.9 Å². The average Bonchev–Trinajstić information content (AvgIpc) is 2.25. The van der Waals surface area contributed by atoms with Gasteiger partial charge in [0.1, 0.15) is 11.8 Å². The van der Waals surface area contributed by atoms with Gasteiger partial charge in [0.2, 0.25) is 10.0 Å². The minimum absolute atomic E-state index is 0.460. The summed E-state index contributed by atoms with van der Waals surface area (Å²) in [7, 11) is -3.09. The largest absolute Gasteiger partial charge is 0.361 e. The fourth-order valence-corrected chi connectivity index (χ4v) is 2.53. The van der Waals surface area contributed by atoms with Crippen molar-refractivity contribution in [1.29, 1.82) is 5.26 Å². The number of rotatable bonds is 3. The third-order valence-electron chi connectivity index (χ3n) is 2.56. The number of hydrogen-bond donors (Lipinski definition) is 0. The minimum atomic E-state index is -3.09. The minimum Gasteiger partial charge on any atom is -0.361 e. The Bertz CT molecular complexity index is 400. The molecule has 0 aliphatic carbocycles. The first-order chi connectivity index (χ1) is 7.49. The van der Waals surface area contributed by atoms with E-state index >= 15 is 0 Å². The molecule has 0 atom stereocenters. The van der Waals surface area contributed by atoms with Gasteiger partial charge in [-0.2, -0.15) is 9.57 Å². The Morgan fingerprint density at radius 2 is 1.94 bits per heavy atom. The highest BCUT2D eigenvalue weighted by molar-refractivity contribution is 7.88. The molecule has 0 radical (unpaired) electrons. The second-order valence-corrected chi connectivity index (χ2v) is 5.74. The van der Waals surface area contributed by atoms with E-state index in [1.54, 1.807) is 0 Å². The zero-order chi connectivity index (χ0) is 12.2. The molecule has 16 heavy (non-hydrogen) atoms. The first kappa shape index (κ1) is 13.0. The Morgan fingerprint density at radius 3 is 2.31 bits per heavy atom. The van der Waals surface area contributed by atoms with Crippen LogP contribution in [0.3, 0.4) is 0 Å². The molecule has 1 aliphatic rings. The maximum absolute atomic E-state index is 11.3. The van der Waals surface area contributed by atoms with Gasteiger partial charge in [0.05, 0.1) is 6.26 Å². The van der Waals surface area contributed by atoms with Crippen molar-refractivity contribution in [2.45, 2.75) is 13.3 Å². The second kappa shape index (κ2) is 5.32. The highest BCUT2D eigenvalue weighted by atomic mass is 32.2. The second-order valence-electron chi connectivity index (χ2n) is 3.76. The van der Waals surface area contributed by atoms with Crippen LogP contribution in [0, 0.1) is 11.3 Å². The lowest BCUT2D eigenvalue weighted by molar-refractivity contribution is 0.235. The van der Waals surface area contributed by atoms with Crippen LogP contribution in [0.15, 0.2) is 11.8 Å². The molecule has 0 spiro atoms. The Kier molecular flexibility index (Phi) is 4.33. The molecule has 90 valence electrons. The highest BCUT2D eigenvalue weighted by Crippen LogP contribution is 2.11. The molecular weight excluding hydrogens is 226 g/mol. The van der Waals surface area contributed by atoms with Crippen molar-refractivity contribution in [3.05, 3.63) is 11.8 Å². The van der Waals surface area contributed by atoms with Crippen molar-refractivity contribution < 1.29 is 8.42 Å². The standard InChI is InChI=1S/C10H17N3O2S/c1-3-4-10(9-11)12-5-7-13(8-6-12)16(2,14)15/h4H,3,5-8H2,1-2H3. The van der Waals surface area contributed by atoms with Crippen LogP contribution in [0.25, 0.3) is 0 Å². The molecule has 0 aromatic rings. The molecule has 0 aromatic heterocycles. The molecule has 1 aliphatic heterocycles. The molecule has 1 rings (SSSR count). The van der Waals surface area contributed by atoms with Crippen LogP contribution < -0.4 is 0 Å². The monoisotopic (exact) mass is 243 g/mol. The molecule has 0 aromatic carbocycles. The number of piperazine rings is 1. The molecule has 0 N–H and O–H groups in total. The summed E-state index contributed by atoms with van der Waals surface area (Å²) in [5.41, 5.74) is 0.649. The fourth-order valence-electron chi connectivity index (χ4n) is 1.70. The van der Waals surface area contributed by atoms with E-state index in [0.29, 0.717) is 31.9 Å². The first-order valence-electron chi connectivity index (χ1n) is 5.29. The van der Waals surface area contributed by atoms with Gasteiger partial charge in [-0.3, -0.25) is 0 Å². The van der Waals surface area contributed by atoms with Gasteiger partial charge < -0.3 is 4.90 Å². The van der Waals surface area contributed by atoms with Crippen molar-refractivity contribution in [3.63, 3.8) is 0 Å². The Morgan fingerprint density at radius 1 is 1.38 bits per heavy atom. The van der Waals surface area contributed by atoms with E-state index in [9.17, 15) is 8.42 Å². The van der Waals surface area contributed by atoms with Crippen molar-refractivity contribution in [1.82, 2.24) is 9.21 Å². The van der Waals surface area contributed by atoms with Crippen molar-refractivity contribution in [2.75, 3.05) is 32.4 Å². The van der Waals surface area contributed by atoms with Gasteiger partial charge in [0.15, 0.2) is 0 Å². The molecule has 1 heterocycles. The van der Waals surface area contributed by atoms with Gasteiger partial charge >= 0.3 is 0 Å². The number of allylic oxidation sites excluding steroid dienone is 2. The number of hydrogen-bond acceptors (Lipinski definition) is 4. The van der Waals surface area contributed by atoms with Gasteiger partial charge in [-0.15, -0.1) is 0 Å². The third kappa shape index (κ3) is 3.22. The molecular formula is C10H17N3O2S. The molecule has 5 nitrogen and oxygen atoms in total. The number of nitrogens with zero attached hydrogens (tertiary/aromatic N) is 3. The van der Waals surface area contributed by atoms with E-state index in [2.05, 4.69) is 6.07 Å². The number of nitriles is 1. The molecule has 0 saturated carbocycles. The predicted molar refractivity (Wildman–Crippen MR) is 62.0 cm³/mol. The fraction of sp³-hybridized carbons (Fsp3) is 0.700. The van der Waals surface area contributed by atoms with Gasteiger partial charge in [0, 0.05) is 26.2 Å². The molecule has 1 fully saturated rings. The van der Waals surface area contributed by atoms with E-state index in [4.69, 9.17) is 5.26 Å². The third-order valence-corrected chi connectivity index (χ3v) is 3.86. The maximum atomic E-state index is 11.3. The predicted octanol–water partition coefficient (Wildman–Crippen LogP) is 0.381. The van der Waals surface area contributed by atoms with E-state index in [-0.39, 0.29) is 0 Å². The van der Waals surface area contributed by atoms with Crippen LogP contribution in [0.4, 0.5) is 0 Å². The van der Waals surface area contributed by atoms with Crippen LogP contribution >= 0.6 is 0 Å². The van der Waals surface area contributed by atoms with Crippen molar-refractivity contribution >= 4 is 10.0 Å². The van der Waals surface area contributed by atoms with Crippen LogP contribution in [-0.4, -0.2) is 50.1 Å². The van der Waals surface area contributed by atoms with E-state index < -0.39 is 10.0 Å². The SMILES string of the molecule is CCC=C(C#N)N1CCN(S(C)(=O)=O)CC1. The average molecular weight is 243 g/mol. The summed E-state index contributed by atoms with van der Waals surface area (Å²) in [4.78, 5) is 1.94. The lowest BCUT2D eigenvalue weighted by Gasteiger charge is -2.34. The number of sulfonamides is 1. The summed E-state index contributed by atoms with van der Waals surface area (Å²) in [6, 6.07) is 2.15. The maximum Gasteiger partial charge on any atom is 0.211 e. The summed E-state index contributed by atoms with van der Waals surface area (Å²) < 4.78 is 24.0. The van der Waals surface area contributed by atoms with Crippen LogP contribution in [0.5, 0.6) is 0 Å². The quantitative estimate of drug-likeness (QED) is 0.672. The summed E-state index contributed by atoms with van der Waals surface area (Å²) in [6.45, 7) is 4.08. The lowest BCUT2D eigenvalue weighted by Crippen LogP contribution is -2.47. The molecule has 1 saturated heterocycles. The zero-order valence-electron chi connectivity index (χ0n) is 9.68. The lowest BCUT2D eigenvalue weighted by atomic mass is 10.3. The van der Waals surface area contributed by atoms with Crippen LogP contribution in [-0.2, 0) is 10.0 Å².